The molecule has 1 unspecified atom stereocenters. The molecule has 0 spiro atoms. The molecule has 0 radical (unpaired) electrons. The molecule has 1 aliphatic rings. The van der Waals surface area contributed by atoms with Crippen molar-refractivity contribution in [3.8, 4) is 11.5 Å². The van der Waals surface area contributed by atoms with Crippen molar-refractivity contribution in [1.82, 2.24) is 4.98 Å². The van der Waals surface area contributed by atoms with E-state index in [2.05, 4.69) is 10.3 Å². The van der Waals surface area contributed by atoms with Gasteiger partial charge in [-0.1, -0.05) is 24.3 Å². The third-order valence-electron chi connectivity index (χ3n) is 4.22. The molecule has 5 nitrogen and oxygen atoms in total. The summed E-state index contributed by atoms with van der Waals surface area (Å²) < 4.78 is 11.4. The molecule has 1 aliphatic heterocycles. The molecule has 2 heterocycles. The highest BCUT2D eigenvalue weighted by Crippen LogP contribution is 2.28. The highest BCUT2D eigenvalue weighted by Gasteiger charge is 2.25. The van der Waals surface area contributed by atoms with Gasteiger partial charge in [0.25, 0.3) is 0 Å². The Morgan fingerprint density at radius 3 is 3.08 bits per heavy atom. The van der Waals surface area contributed by atoms with Gasteiger partial charge in [-0.25, -0.2) is 4.98 Å². The van der Waals surface area contributed by atoms with Gasteiger partial charge >= 0.3 is 0 Å². The Kier molecular flexibility index (Phi) is 4.84. The van der Waals surface area contributed by atoms with E-state index in [4.69, 9.17) is 9.47 Å². The lowest BCUT2D eigenvalue weighted by atomic mass is 9.96. The molecule has 1 amide bonds. The second kappa shape index (κ2) is 7.58. The minimum absolute atomic E-state index is 0.0452. The Hall–Kier alpha value is -2.86. The van der Waals surface area contributed by atoms with E-state index < -0.39 is 0 Å². The van der Waals surface area contributed by atoms with E-state index in [0.717, 1.165) is 17.0 Å². The average molecular weight is 366 g/mol. The first-order chi connectivity index (χ1) is 12.8. The lowest BCUT2D eigenvalue weighted by molar-refractivity contribution is -0.121. The van der Waals surface area contributed by atoms with Crippen LogP contribution >= 0.6 is 11.3 Å². The minimum atomic E-state index is -0.204. The van der Waals surface area contributed by atoms with E-state index in [-0.39, 0.29) is 11.8 Å². The lowest BCUT2D eigenvalue weighted by Gasteiger charge is -2.24. The second-order valence-electron chi connectivity index (χ2n) is 6.11. The third-order valence-corrected chi connectivity index (χ3v) is 4.86. The number of aromatic nitrogens is 1. The summed E-state index contributed by atoms with van der Waals surface area (Å²) in [5.74, 6) is 1.32. The zero-order chi connectivity index (χ0) is 17.8. The molecule has 0 saturated carbocycles. The smallest absolute Gasteiger partial charge is 0.231 e. The molecule has 132 valence electrons. The number of nitrogens with one attached hydrogen (secondary N) is 1. The van der Waals surface area contributed by atoms with Crippen LogP contribution in [0.25, 0.3) is 0 Å². The minimum Gasteiger partial charge on any atom is -0.492 e. The number of rotatable bonds is 5. The molecule has 0 aliphatic carbocycles. The van der Waals surface area contributed by atoms with E-state index in [9.17, 15) is 4.79 Å². The van der Waals surface area contributed by atoms with Crippen molar-refractivity contribution in [2.45, 2.75) is 13.0 Å². The predicted octanol–water partition coefficient (Wildman–Crippen LogP) is 3.91. The van der Waals surface area contributed by atoms with Gasteiger partial charge in [0.05, 0.1) is 17.1 Å². The molecule has 6 heteroatoms. The van der Waals surface area contributed by atoms with Crippen molar-refractivity contribution in [2.24, 2.45) is 5.92 Å². The summed E-state index contributed by atoms with van der Waals surface area (Å²) in [6, 6.07) is 15.2. The Labute approximate surface area is 155 Å². The van der Waals surface area contributed by atoms with Gasteiger partial charge in [-0.2, -0.15) is 0 Å². The number of benzene rings is 2. The van der Waals surface area contributed by atoms with Gasteiger partial charge in [0.1, 0.15) is 24.7 Å². The number of para-hydroxylation sites is 1. The lowest BCUT2D eigenvalue weighted by Crippen LogP contribution is -2.32. The van der Waals surface area contributed by atoms with Gasteiger partial charge in [0.15, 0.2) is 0 Å². The van der Waals surface area contributed by atoms with Crippen LogP contribution in [0.2, 0.25) is 0 Å². The monoisotopic (exact) mass is 366 g/mol. The van der Waals surface area contributed by atoms with Gasteiger partial charge in [0.2, 0.25) is 5.91 Å². The maximum Gasteiger partial charge on any atom is 0.231 e. The van der Waals surface area contributed by atoms with Crippen molar-refractivity contribution < 1.29 is 14.3 Å². The molecule has 3 aromatic rings. The van der Waals surface area contributed by atoms with E-state index in [0.29, 0.717) is 31.1 Å². The summed E-state index contributed by atoms with van der Waals surface area (Å²) in [5.41, 5.74) is 4.45. The zero-order valence-electron chi connectivity index (χ0n) is 14.1. The fourth-order valence-electron chi connectivity index (χ4n) is 2.87. The van der Waals surface area contributed by atoms with Crippen LogP contribution < -0.4 is 14.8 Å². The standard InChI is InChI=1S/C20H18N2O3S/c23-20(15-8-14-4-1-2-7-19(14)25-10-15)22-16-5-3-6-18(9-16)24-11-17-12-26-13-21-17/h1-7,9,12-13,15H,8,10-11H2,(H,22,23). The van der Waals surface area contributed by atoms with Crippen molar-refractivity contribution in [2.75, 3.05) is 11.9 Å². The number of amides is 1. The first-order valence-corrected chi connectivity index (χ1v) is 9.34. The first kappa shape index (κ1) is 16.6. The van der Waals surface area contributed by atoms with E-state index in [1.165, 1.54) is 11.3 Å². The summed E-state index contributed by atoms with van der Waals surface area (Å²) in [6.07, 6.45) is 0.683. The van der Waals surface area contributed by atoms with Gasteiger partial charge in [-0.05, 0) is 30.2 Å². The molecule has 26 heavy (non-hydrogen) atoms. The van der Waals surface area contributed by atoms with E-state index >= 15 is 0 Å². The van der Waals surface area contributed by atoms with Crippen molar-refractivity contribution in [1.29, 1.82) is 0 Å². The van der Waals surface area contributed by atoms with Gasteiger partial charge in [-0.3, -0.25) is 4.79 Å². The predicted molar refractivity (Wildman–Crippen MR) is 101 cm³/mol. The van der Waals surface area contributed by atoms with Gasteiger partial charge in [0, 0.05) is 17.1 Å². The maximum atomic E-state index is 12.6. The Morgan fingerprint density at radius 1 is 1.27 bits per heavy atom. The SMILES string of the molecule is O=C(Nc1cccc(OCc2cscn2)c1)C1COc2ccccc2C1. The molecule has 4 rings (SSSR count). The summed E-state index contributed by atoms with van der Waals surface area (Å²) in [7, 11) is 0. The topological polar surface area (TPSA) is 60.5 Å². The van der Waals surface area contributed by atoms with Crippen LogP contribution in [0.4, 0.5) is 5.69 Å². The van der Waals surface area contributed by atoms with E-state index in [1.807, 2.05) is 53.9 Å². The van der Waals surface area contributed by atoms with Crippen molar-refractivity contribution in [3.63, 3.8) is 0 Å². The number of hydrogen-bond donors (Lipinski definition) is 1. The van der Waals surface area contributed by atoms with E-state index in [1.54, 1.807) is 5.51 Å². The average Bonchev–Trinajstić information content (AvgIpc) is 3.20. The van der Waals surface area contributed by atoms with Crippen LogP contribution in [-0.2, 0) is 17.8 Å². The summed E-state index contributed by atoms with van der Waals surface area (Å²) in [5, 5.41) is 4.91. The normalized spacial score (nSPS) is 15.6. The number of thiazole rings is 1. The Bertz CT molecular complexity index is 896. The summed E-state index contributed by atoms with van der Waals surface area (Å²) >= 11 is 1.54. The van der Waals surface area contributed by atoms with Crippen molar-refractivity contribution in [3.05, 3.63) is 70.7 Å². The van der Waals surface area contributed by atoms with Gasteiger partial charge in [-0.15, -0.1) is 11.3 Å². The van der Waals surface area contributed by atoms with Crippen LogP contribution in [0.3, 0.4) is 0 Å². The molecule has 1 aromatic heterocycles. The fourth-order valence-corrected chi connectivity index (χ4v) is 3.41. The number of fused-ring (bicyclic) bond motifs is 1. The highest BCUT2D eigenvalue weighted by atomic mass is 32.1. The number of anilines is 1. The molecule has 1 N–H and O–H groups in total. The maximum absolute atomic E-state index is 12.6. The first-order valence-electron chi connectivity index (χ1n) is 8.39. The van der Waals surface area contributed by atoms with Crippen LogP contribution in [0, 0.1) is 5.92 Å². The molecule has 0 fully saturated rings. The summed E-state index contributed by atoms with van der Waals surface area (Å²) in [6.45, 7) is 0.803. The molecule has 0 saturated heterocycles. The van der Waals surface area contributed by atoms with Crippen molar-refractivity contribution >= 4 is 22.9 Å². The Morgan fingerprint density at radius 2 is 2.19 bits per heavy atom. The number of nitrogens with zero attached hydrogens (tertiary/aromatic N) is 1. The quantitative estimate of drug-likeness (QED) is 0.744. The van der Waals surface area contributed by atoms with Crippen LogP contribution in [0.15, 0.2) is 59.4 Å². The van der Waals surface area contributed by atoms with Crippen LogP contribution in [0.1, 0.15) is 11.3 Å². The molecule has 0 bridgehead atoms. The van der Waals surface area contributed by atoms with Gasteiger partial charge < -0.3 is 14.8 Å². The second-order valence-corrected chi connectivity index (χ2v) is 6.82. The zero-order valence-corrected chi connectivity index (χ0v) is 14.9. The number of carbonyl (C=O) groups excluding carboxylic acids is 1. The molecular weight excluding hydrogens is 348 g/mol. The summed E-state index contributed by atoms with van der Waals surface area (Å²) in [4.78, 5) is 16.8. The van der Waals surface area contributed by atoms with Crippen LogP contribution in [-0.4, -0.2) is 17.5 Å². The number of hydrogen-bond acceptors (Lipinski definition) is 5. The van der Waals surface area contributed by atoms with Crippen LogP contribution in [0.5, 0.6) is 11.5 Å². The molecular formula is C20H18N2O3S. The third kappa shape index (κ3) is 3.86. The molecule has 2 aromatic carbocycles. The largest absolute Gasteiger partial charge is 0.492 e. The molecule has 1 atom stereocenters. The highest BCUT2D eigenvalue weighted by molar-refractivity contribution is 7.07. The number of carbonyl (C=O) groups is 1. The number of ether oxygens (including phenoxy) is 2. The fraction of sp³-hybridized carbons (Fsp3) is 0.200. The Balaban J connectivity index is 1.38.